The number of H-pyrrole nitrogens is 1. The Labute approximate surface area is 224 Å². The smallest absolute Gasteiger partial charge is 0.257 e. The van der Waals surface area contributed by atoms with Gasteiger partial charge in [0, 0.05) is 28.8 Å². The van der Waals surface area contributed by atoms with Crippen molar-refractivity contribution in [3.8, 4) is 5.75 Å². The van der Waals surface area contributed by atoms with Crippen LogP contribution < -0.4 is 10.3 Å². The summed E-state index contributed by atoms with van der Waals surface area (Å²) >= 11 is 6.37. The molecule has 1 aliphatic heterocycles. The van der Waals surface area contributed by atoms with Gasteiger partial charge in [0.2, 0.25) is 5.91 Å². The molecule has 8 heteroatoms. The number of hydrogen-bond donors (Lipinski definition) is 1. The molecule has 5 rings (SSSR count). The SMILES string of the molecule is CCCC(=O)N1N=C(c2c(Cc3ccccc3)c3cc(Cl)ccc3[nH]c2=O)CC1c1ccc(OC)c(F)c1. The zero-order chi connectivity index (χ0) is 26.8. The summed E-state index contributed by atoms with van der Waals surface area (Å²) in [4.78, 5) is 29.6. The summed E-state index contributed by atoms with van der Waals surface area (Å²) in [6.07, 6.45) is 1.66. The molecule has 0 fully saturated rings. The molecule has 1 aliphatic rings. The van der Waals surface area contributed by atoms with E-state index in [0.29, 0.717) is 40.2 Å². The second kappa shape index (κ2) is 10.8. The highest BCUT2D eigenvalue weighted by molar-refractivity contribution is 6.31. The second-order valence-electron chi connectivity index (χ2n) is 9.31. The molecule has 1 atom stereocenters. The number of hydrogen-bond acceptors (Lipinski definition) is 4. The highest BCUT2D eigenvalue weighted by Gasteiger charge is 2.35. The molecule has 1 amide bonds. The normalized spacial score (nSPS) is 15.1. The van der Waals surface area contributed by atoms with Gasteiger partial charge in [-0.15, -0.1) is 0 Å². The van der Waals surface area contributed by atoms with E-state index >= 15 is 0 Å². The lowest BCUT2D eigenvalue weighted by molar-refractivity contribution is -0.133. The zero-order valence-electron chi connectivity index (χ0n) is 21.1. The van der Waals surface area contributed by atoms with E-state index in [1.807, 2.05) is 43.3 Å². The van der Waals surface area contributed by atoms with Gasteiger partial charge >= 0.3 is 0 Å². The number of amides is 1. The fourth-order valence-electron chi connectivity index (χ4n) is 4.99. The second-order valence-corrected chi connectivity index (χ2v) is 9.75. The number of ether oxygens (including phenoxy) is 1. The van der Waals surface area contributed by atoms with Crippen LogP contribution >= 0.6 is 11.6 Å². The number of rotatable bonds is 7. The zero-order valence-corrected chi connectivity index (χ0v) is 21.9. The van der Waals surface area contributed by atoms with E-state index in [2.05, 4.69) is 4.98 Å². The first-order valence-corrected chi connectivity index (χ1v) is 12.9. The van der Waals surface area contributed by atoms with E-state index in [1.165, 1.54) is 24.3 Å². The third-order valence-corrected chi connectivity index (χ3v) is 7.02. The van der Waals surface area contributed by atoms with Gasteiger partial charge in [0.1, 0.15) is 0 Å². The van der Waals surface area contributed by atoms with Crippen molar-refractivity contribution in [2.24, 2.45) is 5.10 Å². The van der Waals surface area contributed by atoms with Crippen LogP contribution in [0.5, 0.6) is 5.75 Å². The lowest BCUT2D eigenvalue weighted by atomic mass is 9.91. The molecular weight excluding hydrogens is 505 g/mol. The minimum Gasteiger partial charge on any atom is -0.494 e. The lowest BCUT2D eigenvalue weighted by Crippen LogP contribution is -2.26. The maximum absolute atomic E-state index is 14.6. The summed E-state index contributed by atoms with van der Waals surface area (Å²) < 4.78 is 19.7. The Morgan fingerprint density at radius 2 is 1.95 bits per heavy atom. The first kappa shape index (κ1) is 25.7. The first-order chi connectivity index (χ1) is 18.4. The number of carbonyl (C=O) groups excluding carboxylic acids is 1. The van der Waals surface area contributed by atoms with Crippen LogP contribution in [0.1, 0.15) is 54.5 Å². The monoisotopic (exact) mass is 531 g/mol. The first-order valence-electron chi connectivity index (χ1n) is 12.5. The van der Waals surface area contributed by atoms with Crippen LogP contribution in [0.2, 0.25) is 5.02 Å². The fraction of sp³-hybridized carbons (Fsp3) is 0.233. The third kappa shape index (κ3) is 4.94. The minimum atomic E-state index is -0.552. The van der Waals surface area contributed by atoms with Crippen molar-refractivity contribution in [2.45, 2.75) is 38.6 Å². The molecule has 6 nitrogen and oxygen atoms in total. The van der Waals surface area contributed by atoms with Gasteiger partial charge in [-0.25, -0.2) is 9.40 Å². The maximum Gasteiger partial charge on any atom is 0.257 e. The molecule has 194 valence electrons. The third-order valence-electron chi connectivity index (χ3n) is 6.79. The quantitative estimate of drug-likeness (QED) is 0.300. The Morgan fingerprint density at radius 3 is 2.66 bits per heavy atom. The molecule has 0 spiro atoms. The van der Waals surface area contributed by atoms with Gasteiger partial charge in [-0.3, -0.25) is 9.59 Å². The number of nitrogens with one attached hydrogen (secondary N) is 1. The average molecular weight is 532 g/mol. The standard InChI is InChI=1S/C30H27ClFN3O3/c1-3-7-28(36)35-26(19-10-13-27(38-2)23(32)15-19)17-25(34-35)29-22(14-18-8-5-4-6-9-18)21-16-20(31)11-12-24(21)33-30(29)37/h4-6,8-13,15-16,26H,3,7,14,17H2,1-2H3,(H,33,37). The fourth-order valence-corrected chi connectivity index (χ4v) is 5.16. The summed E-state index contributed by atoms with van der Waals surface area (Å²) in [6, 6.07) is 19.3. The van der Waals surface area contributed by atoms with Crippen molar-refractivity contribution in [3.05, 3.63) is 110 Å². The Hall–Kier alpha value is -3.97. The molecule has 0 saturated heterocycles. The van der Waals surface area contributed by atoms with Crippen LogP contribution in [0.15, 0.2) is 76.6 Å². The Balaban J connectivity index is 1.67. The molecule has 1 unspecified atom stereocenters. The van der Waals surface area contributed by atoms with Crippen molar-refractivity contribution in [1.82, 2.24) is 9.99 Å². The highest BCUT2D eigenvalue weighted by Crippen LogP contribution is 2.36. The molecule has 0 radical (unpaired) electrons. The number of fused-ring (bicyclic) bond motifs is 1. The molecular formula is C30H27ClFN3O3. The summed E-state index contributed by atoms with van der Waals surface area (Å²) in [7, 11) is 1.40. The Bertz CT molecular complexity index is 1600. The van der Waals surface area contributed by atoms with Gasteiger partial charge in [0.25, 0.3) is 5.56 Å². The number of hydrazone groups is 1. The number of nitrogens with zero attached hydrogens (tertiary/aromatic N) is 2. The van der Waals surface area contributed by atoms with Gasteiger partial charge in [0.15, 0.2) is 11.6 Å². The minimum absolute atomic E-state index is 0.118. The predicted octanol–water partition coefficient (Wildman–Crippen LogP) is 6.40. The largest absolute Gasteiger partial charge is 0.494 e. The van der Waals surface area contributed by atoms with E-state index in [0.717, 1.165) is 16.5 Å². The number of benzene rings is 3. The number of pyridine rings is 1. The van der Waals surface area contributed by atoms with Gasteiger partial charge in [-0.05, 0) is 59.9 Å². The van der Waals surface area contributed by atoms with Gasteiger partial charge in [0.05, 0.1) is 24.4 Å². The lowest BCUT2D eigenvalue weighted by Gasteiger charge is -2.22. The predicted molar refractivity (Wildman–Crippen MR) is 147 cm³/mol. The summed E-state index contributed by atoms with van der Waals surface area (Å²) in [6.45, 7) is 1.91. The number of carbonyl (C=O) groups is 1. The maximum atomic E-state index is 14.6. The van der Waals surface area contributed by atoms with Crippen molar-refractivity contribution in [2.75, 3.05) is 7.11 Å². The molecule has 38 heavy (non-hydrogen) atoms. The van der Waals surface area contributed by atoms with E-state index < -0.39 is 11.9 Å². The summed E-state index contributed by atoms with van der Waals surface area (Å²) in [5.41, 5.74) is 3.64. The van der Waals surface area contributed by atoms with Crippen LogP contribution in [-0.4, -0.2) is 28.7 Å². The molecule has 2 heterocycles. The van der Waals surface area contributed by atoms with Gasteiger partial charge in [-0.1, -0.05) is 54.9 Å². The van der Waals surface area contributed by atoms with Gasteiger partial charge in [-0.2, -0.15) is 5.10 Å². The Morgan fingerprint density at radius 1 is 1.16 bits per heavy atom. The number of methoxy groups -OCH3 is 1. The van der Waals surface area contributed by atoms with E-state index in [9.17, 15) is 14.0 Å². The molecule has 1 aromatic heterocycles. The average Bonchev–Trinajstić information content (AvgIpc) is 3.35. The van der Waals surface area contributed by atoms with Crippen LogP contribution in [0.3, 0.4) is 0 Å². The van der Waals surface area contributed by atoms with Crippen molar-refractivity contribution < 1.29 is 13.9 Å². The molecule has 0 aliphatic carbocycles. The number of halogens is 2. The Kier molecular flexibility index (Phi) is 7.29. The highest BCUT2D eigenvalue weighted by atomic mass is 35.5. The van der Waals surface area contributed by atoms with E-state index in [4.69, 9.17) is 21.4 Å². The van der Waals surface area contributed by atoms with Crippen molar-refractivity contribution in [3.63, 3.8) is 0 Å². The number of aromatic amines is 1. The molecule has 0 saturated carbocycles. The van der Waals surface area contributed by atoms with Crippen LogP contribution in [0.4, 0.5) is 4.39 Å². The topological polar surface area (TPSA) is 74.8 Å². The summed E-state index contributed by atoms with van der Waals surface area (Å²) in [5, 5.41) is 7.44. The van der Waals surface area contributed by atoms with Gasteiger partial charge < -0.3 is 9.72 Å². The summed E-state index contributed by atoms with van der Waals surface area (Å²) in [5.74, 6) is -0.592. The van der Waals surface area contributed by atoms with Crippen molar-refractivity contribution in [1.29, 1.82) is 0 Å². The molecule has 1 N–H and O–H groups in total. The molecule has 0 bridgehead atoms. The van der Waals surface area contributed by atoms with Crippen LogP contribution in [0, 0.1) is 5.82 Å². The molecule has 4 aromatic rings. The van der Waals surface area contributed by atoms with E-state index in [-0.39, 0.29) is 30.1 Å². The van der Waals surface area contributed by atoms with Crippen LogP contribution in [0.25, 0.3) is 10.9 Å². The molecule has 3 aromatic carbocycles. The number of aromatic nitrogens is 1. The van der Waals surface area contributed by atoms with E-state index in [1.54, 1.807) is 18.2 Å². The van der Waals surface area contributed by atoms with Crippen molar-refractivity contribution >= 4 is 34.1 Å². The van der Waals surface area contributed by atoms with Crippen LogP contribution in [-0.2, 0) is 11.2 Å².